The summed E-state index contributed by atoms with van der Waals surface area (Å²) in [6.45, 7) is 1.15. The van der Waals surface area contributed by atoms with Crippen LogP contribution in [0.25, 0.3) is 0 Å². The lowest BCUT2D eigenvalue weighted by atomic mass is 9.90. The monoisotopic (exact) mass is 381 g/mol. The third-order valence-electron chi connectivity index (χ3n) is 4.50. The van der Waals surface area contributed by atoms with Crippen LogP contribution in [0.1, 0.15) is 36.0 Å². The van der Waals surface area contributed by atoms with Crippen molar-refractivity contribution in [2.24, 2.45) is 0 Å². The fourth-order valence-corrected chi connectivity index (χ4v) is 3.75. The molecule has 1 heterocycles. The molecule has 0 radical (unpaired) electrons. The average molecular weight is 382 g/mol. The highest BCUT2D eigenvalue weighted by molar-refractivity contribution is 9.10. The number of benzene rings is 1. The van der Waals surface area contributed by atoms with Crippen molar-refractivity contribution in [1.82, 2.24) is 4.90 Å². The Kier molecular flexibility index (Phi) is 5.33. The van der Waals surface area contributed by atoms with Gasteiger partial charge >= 0.3 is 0 Å². The van der Waals surface area contributed by atoms with Crippen LogP contribution in [0.15, 0.2) is 22.7 Å². The Labute approximate surface area is 144 Å². The van der Waals surface area contributed by atoms with Gasteiger partial charge in [-0.05, 0) is 31.0 Å². The molecule has 1 aliphatic heterocycles. The highest BCUT2D eigenvalue weighted by Gasteiger charge is 2.36. The molecule has 23 heavy (non-hydrogen) atoms. The molecule has 0 spiro atoms. The van der Waals surface area contributed by atoms with Crippen LogP contribution in [-0.4, -0.2) is 49.0 Å². The van der Waals surface area contributed by atoms with Gasteiger partial charge in [-0.25, -0.2) is 0 Å². The number of hydrogen-bond acceptors (Lipinski definition) is 4. The Morgan fingerprint density at radius 1 is 1.39 bits per heavy atom. The predicted octanol–water partition coefficient (Wildman–Crippen LogP) is 2.81. The van der Waals surface area contributed by atoms with Crippen molar-refractivity contribution >= 4 is 28.1 Å². The normalized spacial score (nSPS) is 24.0. The second-order valence-electron chi connectivity index (χ2n) is 5.94. The topological polar surface area (TPSA) is 55.8 Å². The summed E-state index contributed by atoms with van der Waals surface area (Å²) < 4.78 is 12.2. The fraction of sp³-hybridized carbons (Fsp3) is 0.529. The molecule has 2 atom stereocenters. The quantitative estimate of drug-likeness (QED) is 0.752. The second kappa shape index (κ2) is 7.45. The fourth-order valence-electron chi connectivity index (χ4n) is 3.37. The highest BCUT2D eigenvalue weighted by Crippen LogP contribution is 2.28. The number of fused-ring (bicyclic) bond motifs is 1. The first kappa shape index (κ1) is 16.5. The number of morpholine rings is 1. The van der Waals surface area contributed by atoms with Crippen molar-refractivity contribution in [1.29, 1.82) is 0 Å². The molecule has 6 heteroatoms. The van der Waals surface area contributed by atoms with Crippen LogP contribution in [0.4, 0.5) is 0 Å². The Morgan fingerprint density at radius 3 is 3.04 bits per heavy atom. The lowest BCUT2D eigenvalue weighted by molar-refractivity contribution is -0.151. The molecule has 1 aromatic rings. The van der Waals surface area contributed by atoms with Gasteiger partial charge in [0.05, 0.1) is 24.3 Å². The van der Waals surface area contributed by atoms with Crippen molar-refractivity contribution < 1.29 is 19.1 Å². The van der Waals surface area contributed by atoms with Gasteiger partial charge in [0.2, 0.25) is 0 Å². The van der Waals surface area contributed by atoms with Gasteiger partial charge in [-0.15, -0.1) is 0 Å². The van der Waals surface area contributed by atoms with Crippen LogP contribution in [-0.2, 0) is 9.53 Å². The molecule has 2 unspecified atom stereocenters. The van der Waals surface area contributed by atoms with E-state index < -0.39 is 0 Å². The van der Waals surface area contributed by atoms with E-state index in [0.717, 1.165) is 30.0 Å². The molecule has 124 valence electrons. The van der Waals surface area contributed by atoms with E-state index in [4.69, 9.17) is 9.47 Å². The van der Waals surface area contributed by atoms with E-state index in [1.54, 1.807) is 18.2 Å². The summed E-state index contributed by atoms with van der Waals surface area (Å²) in [6.07, 6.45) is 5.22. The standard InChI is InChI=1S/C17H20BrNO4/c18-13-5-6-15(12(9-13)10-20)23-11-17(21)19-7-8-22-16-4-2-1-3-14(16)19/h5-6,9-10,14,16H,1-4,7-8,11H2. The van der Waals surface area contributed by atoms with E-state index in [2.05, 4.69) is 15.9 Å². The maximum atomic E-state index is 12.5. The third-order valence-corrected chi connectivity index (χ3v) is 5.00. The smallest absolute Gasteiger partial charge is 0.260 e. The Balaban J connectivity index is 1.63. The van der Waals surface area contributed by atoms with Gasteiger partial charge in [-0.1, -0.05) is 28.8 Å². The van der Waals surface area contributed by atoms with Crippen LogP contribution >= 0.6 is 15.9 Å². The van der Waals surface area contributed by atoms with Crippen LogP contribution in [0.5, 0.6) is 5.75 Å². The van der Waals surface area contributed by atoms with Crippen molar-refractivity contribution in [2.45, 2.75) is 37.8 Å². The largest absolute Gasteiger partial charge is 0.483 e. The summed E-state index contributed by atoms with van der Waals surface area (Å²) in [6, 6.07) is 5.34. The van der Waals surface area contributed by atoms with Crippen LogP contribution in [0.3, 0.4) is 0 Å². The lowest BCUT2D eigenvalue weighted by Gasteiger charge is -2.43. The summed E-state index contributed by atoms with van der Waals surface area (Å²) in [7, 11) is 0. The van der Waals surface area contributed by atoms with Crippen molar-refractivity contribution in [2.75, 3.05) is 19.8 Å². The first-order chi connectivity index (χ1) is 11.2. The van der Waals surface area contributed by atoms with E-state index in [-0.39, 0.29) is 24.7 Å². The van der Waals surface area contributed by atoms with Gasteiger partial charge < -0.3 is 14.4 Å². The SMILES string of the molecule is O=Cc1cc(Br)ccc1OCC(=O)N1CCOC2CCCCC21. The zero-order valence-electron chi connectivity index (χ0n) is 12.9. The first-order valence-electron chi connectivity index (χ1n) is 7.97. The molecule has 0 aromatic heterocycles. The molecular formula is C17H20BrNO4. The maximum Gasteiger partial charge on any atom is 0.260 e. The van der Waals surface area contributed by atoms with E-state index in [0.29, 0.717) is 24.5 Å². The Hall–Kier alpha value is -1.40. The number of hydrogen-bond donors (Lipinski definition) is 0. The van der Waals surface area contributed by atoms with Crippen molar-refractivity contribution in [3.63, 3.8) is 0 Å². The van der Waals surface area contributed by atoms with Crippen molar-refractivity contribution in [3.05, 3.63) is 28.2 Å². The van der Waals surface area contributed by atoms with Gasteiger partial charge in [-0.3, -0.25) is 9.59 Å². The maximum absolute atomic E-state index is 12.5. The van der Waals surface area contributed by atoms with Gasteiger partial charge in [-0.2, -0.15) is 0 Å². The van der Waals surface area contributed by atoms with E-state index >= 15 is 0 Å². The molecule has 2 aliphatic rings. The number of rotatable bonds is 4. The van der Waals surface area contributed by atoms with Gasteiger partial charge in [0.1, 0.15) is 5.75 Å². The predicted molar refractivity (Wildman–Crippen MR) is 88.7 cm³/mol. The lowest BCUT2D eigenvalue weighted by Crippen LogP contribution is -2.55. The molecule has 0 bridgehead atoms. The number of ether oxygens (including phenoxy) is 2. The highest BCUT2D eigenvalue weighted by atomic mass is 79.9. The summed E-state index contributed by atoms with van der Waals surface area (Å²) in [5.74, 6) is 0.398. The number of aldehydes is 1. The Morgan fingerprint density at radius 2 is 2.22 bits per heavy atom. The Bertz CT molecular complexity index is 590. The van der Waals surface area contributed by atoms with Gasteiger partial charge in [0.15, 0.2) is 12.9 Å². The number of nitrogens with zero attached hydrogens (tertiary/aromatic N) is 1. The van der Waals surface area contributed by atoms with E-state index in [1.165, 1.54) is 6.42 Å². The first-order valence-corrected chi connectivity index (χ1v) is 8.77. The number of amides is 1. The van der Waals surface area contributed by atoms with Gasteiger partial charge in [0, 0.05) is 11.0 Å². The summed E-state index contributed by atoms with van der Waals surface area (Å²) in [5, 5.41) is 0. The molecule has 2 fully saturated rings. The minimum Gasteiger partial charge on any atom is -0.483 e. The van der Waals surface area contributed by atoms with Crippen LogP contribution in [0, 0.1) is 0 Å². The summed E-state index contributed by atoms with van der Waals surface area (Å²) in [5.41, 5.74) is 0.435. The minimum atomic E-state index is -0.0499. The molecule has 1 aromatic carbocycles. The summed E-state index contributed by atoms with van der Waals surface area (Å²) >= 11 is 3.31. The number of carbonyl (C=O) groups excluding carboxylic acids is 2. The molecule has 5 nitrogen and oxygen atoms in total. The van der Waals surface area contributed by atoms with Crippen molar-refractivity contribution in [3.8, 4) is 5.75 Å². The zero-order chi connectivity index (χ0) is 16.2. The molecule has 1 amide bonds. The minimum absolute atomic E-state index is 0.0371. The van der Waals surface area contributed by atoms with E-state index in [9.17, 15) is 9.59 Å². The summed E-state index contributed by atoms with van der Waals surface area (Å²) in [4.78, 5) is 25.5. The molecular weight excluding hydrogens is 362 g/mol. The third kappa shape index (κ3) is 3.75. The van der Waals surface area contributed by atoms with E-state index in [1.807, 2.05) is 4.90 Å². The molecule has 3 rings (SSSR count). The number of carbonyl (C=O) groups is 2. The van der Waals surface area contributed by atoms with Crippen LogP contribution < -0.4 is 4.74 Å². The molecule has 1 saturated carbocycles. The molecule has 0 N–H and O–H groups in total. The van der Waals surface area contributed by atoms with Gasteiger partial charge in [0.25, 0.3) is 5.91 Å². The second-order valence-corrected chi connectivity index (χ2v) is 6.85. The van der Waals surface area contributed by atoms with Crippen LogP contribution in [0.2, 0.25) is 0 Å². The average Bonchev–Trinajstić information content (AvgIpc) is 2.59. The zero-order valence-corrected chi connectivity index (χ0v) is 14.5. The molecule has 1 saturated heterocycles. The number of halogens is 1. The molecule has 1 aliphatic carbocycles.